The summed E-state index contributed by atoms with van der Waals surface area (Å²) < 4.78 is 58.0. The van der Waals surface area contributed by atoms with Crippen LogP contribution in [0.3, 0.4) is 0 Å². The van der Waals surface area contributed by atoms with E-state index in [0.717, 1.165) is 36.1 Å². The first-order valence-electron chi connectivity index (χ1n) is 9.46. The van der Waals surface area contributed by atoms with E-state index in [-0.39, 0.29) is 23.8 Å². The maximum Gasteiger partial charge on any atom is 0.416 e. The molecule has 2 aromatic carbocycles. The summed E-state index contributed by atoms with van der Waals surface area (Å²) in [6.45, 7) is 6.00. The van der Waals surface area contributed by atoms with E-state index in [9.17, 15) is 17.6 Å². The quantitative estimate of drug-likeness (QED) is 0.664. The minimum atomic E-state index is -4.32. The third-order valence-electron chi connectivity index (χ3n) is 5.47. The molecule has 0 aromatic heterocycles. The minimum absolute atomic E-state index is 0.0423. The van der Waals surface area contributed by atoms with Crippen LogP contribution in [0.4, 0.5) is 17.6 Å². The first-order chi connectivity index (χ1) is 13.1. The van der Waals surface area contributed by atoms with Crippen LogP contribution in [-0.4, -0.2) is 18.7 Å². The molecule has 28 heavy (non-hydrogen) atoms. The Hall–Kier alpha value is -2.08. The average Bonchev–Trinajstić information content (AvgIpc) is 2.63. The highest BCUT2D eigenvalue weighted by Crippen LogP contribution is 2.34. The van der Waals surface area contributed by atoms with Crippen molar-refractivity contribution in [3.05, 3.63) is 64.5 Å². The van der Waals surface area contributed by atoms with Gasteiger partial charge in [0.05, 0.1) is 5.56 Å². The largest absolute Gasteiger partial charge is 0.492 e. The van der Waals surface area contributed by atoms with Crippen molar-refractivity contribution in [1.82, 2.24) is 5.32 Å². The van der Waals surface area contributed by atoms with Gasteiger partial charge in [-0.15, -0.1) is 0 Å². The van der Waals surface area contributed by atoms with E-state index in [1.807, 2.05) is 13.0 Å². The second kappa shape index (κ2) is 8.11. The molecule has 1 saturated heterocycles. The van der Waals surface area contributed by atoms with Crippen LogP contribution in [0.2, 0.25) is 0 Å². The number of hydrogen-bond donors (Lipinski definition) is 1. The second-order valence-electron chi connectivity index (χ2n) is 7.71. The molecule has 1 heterocycles. The molecule has 1 fully saturated rings. The van der Waals surface area contributed by atoms with Gasteiger partial charge in [-0.2, -0.15) is 13.2 Å². The van der Waals surface area contributed by atoms with E-state index < -0.39 is 11.7 Å². The Morgan fingerprint density at radius 3 is 2.36 bits per heavy atom. The summed E-state index contributed by atoms with van der Waals surface area (Å²) in [6, 6.07) is 8.90. The maximum atomic E-state index is 13.9. The fourth-order valence-electron chi connectivity index (χ4n) is 3.80. The molecule has 2 nitrogen and oxygen atoms in total. The zero-order valence-electron chi connectivity index (χ0n) is 16.2. The van der Waals surface area contributed by atoms with E-state index in [1.54, 1.807) is 19.1 Å². The molecule has 2 aromatic rings. The van der Waals surface area contributed by atoms with Crippen LogP contribution in [-0.2, 0) is 6.18 Å². The highest BCUT2D eigenvalue weighted by molar-refractivity contribution is 5.35. The van der Waals surface area contributed by atoms with Crippen LogP contribution in [0.15, 0.2) is 36.4 Å². The Morgan fingerprint density at radius 2 is 1.75 bits per heavy atom. The first kappa shape index (κ1) is 20.6. The molecule has 0 aliphatic carbocycles. The molecule has 0 saturated carbocycles. The summed E-state index contributed by atoms with van der Waals surface area (Å²) in [5, 5.41) is 3.46. The predicted octanol–water partition coefficient (Wildman–Crippen LogP) is 5.76. The molecular formula is C22H25F4NO. The molecule has 152 valence electrons. The second-order valence-corrected chi connectivity index (χ2v) is 7.71. The lowest BCUT2D eigenvalue weighted by Gasteiger charge is -2.35. The summed E-state index contributed by atoms with van der Waals surface area (Å²) in [5.41, 5.74) is 1.72. The number of benzene rings is 2. The normalized spacial score (nSPS) is 22.9. The Balaban J connectivity index is 1.66. The number of halogens is 4. The van der Waals surface area contributed by atoms with Crippen molar-refractivity contribution < 1.29 is 22.3 Å². The van der Waals surface area contributed by atoms with Gasteiger partial charge >= 0.3 is 6.18 Å². The van der Waals surface area contributed by atoms with Gasteiger partial charge in [-0.25, -0.2) is 4.39 Å². The Bertz CT molecular complexity index is 793. The smallest absolute Gasteiger partial charge is 0.416 e. The topological polar surface area (TPSA) is 21.3 Å². The SMILES string of the molecule is Cc1cc(OCC2CC(c3ccc(C(F)(F)F)cc3)CC(C)N2)cc(F)c1C. The van der Waals surface area contributed by atoms with Gasteiger partial charge in [-0.3, -0.25) is 0 Å². The van der Waals surface area contributed by atoms with E-state index in [1.165, 1.54) is 6.07 Å². The van der Waals surface area contributed by atoms with Gasteiger partial charge in [-0.05, 0) is 74.4 Å². The summed E-state index contributed by atoms with van der Waals surface area (Å²) in [5.74, 6) is 0.359. The van der Waals surface area contributed by atoms with Crippen molar-refractivity contribution in [2.75, 3.05) is 6.61 Å². The maximum absolute atomic E-state index is 13.9. The van der Waals surface area contributed by atoms with E-state index in [0.29, 0.717) is 17.9 Å². The predicted molar refractivity (Wildman–Crippen MR) is 101 cm³/mol. The molecular weight excluding hydrogens is 370 g/mol. The number of piperidine rings is 1. The third kappa shape index (κ3) is 4.85. The van der Waals surface area contributed by atoms with Gasteiger partial charge in [0.15, 0.2) is 0 Å². The molecule has 3 atom stereocenters. The lowest BCUT2D eigenvalue weighted by atomic mass is 9.83. The fraction of sp³-hybridized carbons (Fsp3) is 0.455. The van der Waals surface area contributed by atoms with Crippen molar-refractivity contribution in [2.45, 2.75) is 57.8 Å². The van der Waals surface area contributed by atoms with Crippen molar-refractivity contribution in [3.63, 3.8) is 0 Å². The summed E-state index contributed by atoms with van der Waals surface area (Å²) in [7, 11) is 0. The molecule has 0 amide bonds. The van der Waals surface area contributed by atoms with Crippen LogP contribution in [0.25, 0.3) is 0 Å². The van der Waals surface area contributed by atoms with Crippen LogP contribution in [0.5, 0.6) is 5.75 Å². The molecule has 3 unspecified atom stereocenters. The number of nitrogens with one attached hydrogen (secondary N) is 1. The van der Waals surface area contributed by atoms with Crippen molar-refractivity contribution in [2.24, 2.45) is 0 Å². The summed E-state index contributed by atoms with van der Waals surface area (Å²) in [6.07, 6.45) is -2.72. The monoisotopic (exact) mass is 395 g/mol. The average molecular weight is 395 g/mol. The minimum Gasteiger partial charge on any atom is -0.492 e. The third-order valence-corrected chi connectivity index (χ3v) is 5.47. The number of ether oxygens (including phenoxy) is 1. The van der Waals surface area contributed by atoms with Crippen molar-refractivity contribution >= 4 is 0 Å². The standard InChI is InChI=1S/C22H25F4NO/c1-13-8-20(11-21(23)15(13)3)28-12-19-10-17(9-14(2)27-19)16-4-6-18(7-5-16)22(24,25)26/h4-8,11,14,17,19,27H,9-10,12H2,1-3H3. The van der Waals surface area contributed by atoms with E-state index in [2.05, 4.69) is 12.2 Å². The number of alkyl halides is 3. The Labute approximate surface area is 162 Å². The Kier molecular flexibility index (Phi) is 5.98. The molecule has 6 heteroatoms. The summed E-state index contributed by atoms with van der Waals surface area (Å²) in [4.78, 5) is 0. The zero-order valence-corrected chi connectivity index (χ0v) is 16.2. The lowest BCUT2D eigenvalue weighted by Crippen LogP contribution is -2.46. The molecule has 1 aliphatic heterocycles. The zero-order chi connectivity index (χ0) is 20.5. The molecule has 0 bridgehead atoms. The van der Waals surface area contributed by atoms with Crippen LogP contribution in [0, 0.1) is 19.7 Å². The fourth-order valence-corrected chi connectivity index (χ4v) is 3.80. The van der Waals surface area contributed by atoms with Crippen molar-refractivity contribution in [1.29, 1.82) is 0 Å². The molecule has 1 aliphatic rings. The number of rotatable bonds is 4. The van der Waals surface area contributed by atoms with Crippen molar-refractivity contribution in [3.8, 4) is 5.75 Å². The first-order valence-corrected chi connectivity index (χ1v) is 9.46. The molecule has 3 rings (SSSR count). The van der Waals surface area contributed by atoms with E-state index in [4.69, 9.17) is 4.74 Å². The van der Waals surface area contributed by atoms with Gasteiger partial charge in [0.25, 0.3) is 0 Å². The van der Waals surface area contributed by atoms with Gasteiger partial charge in [0.1, 0.15) is 18.2 Å². The number of hydrogen-bond acceptors (Lipinski definition) is 2. The number of aryl methyl sites for hydroxylation is 1. The van der Waals surface area contributed by atoms with Crippen LogP contribution >= 0.6 is 0 Å². The van der Waals surface area contributed by atoms with Gasteiger partial charge < -0.3 is 10.1 Å². The van der Waals surface area contributed by atoms with E-state index >= 15 is 0 Å². The van der Waals surface area contributed by atoms with Crippen LogP contribution in [0.1, 0.15) is 47.9 Å². The van der Waals surface area contributed by atoms with Gasteiger partial charge in [-0.1, -0.05) is 12.1 Å². The molecule has 0 radical (unpaired) electrons. The molecule has 1 N–H and O–H groups in total. The van der Waals surface area contributed by atoms with Gasteiger partial charge in [0, 0.05) is 18.2 Å². The molecule has 0 spiro atoms. The van der Waals surface area contributed by atoms with Gasteiger partial charge in [0.2, 0.25) is 0 Å². The Morgan fingerprint density at radius 1 is 1.07 bits per heavy atom. The van der Waals surface area contributed by atoms with Crippen LogP contribution < -0.4 is 10.1 Å². The summed E-state index contributed by atoms with van der Waals surface area (Å²) >= 11 is 0. The highest BCUT2D eigenvalue weighted by atomic mass is 19.4. The highest BCUT2D eigenvalue weighted by Gasteiger charge is 2.31. The lowest BCUT2D eigenvalue weighted by molar-refractivity contribution is -0.137.